The van der Waals surface area contributed by atoms with Crippen LogP contribution in [0, 0.1) is 0 Å². The largest absolute Gasteiger partial charge is 0.369 e. The smallest absolute Gasteiger partial charge is 0.298 e. The second-order valence-corrected chi connectivity index (χ2v) is 5.55. The minimum Gasteiger partial charge on any atom is -0.369 e. The summed E-state index contributed by atoms with van der Waals surface area (Å²) < 4.78 is 0. The molecule has 0 saturated heterocycles. The van der Waals surface area contributed by atoms with Gasteiger partial charge < -0.3 is 10.7 Å². The molecule has 0 bridgehead atoms. The molecule has 0 radical (unpaired) electrons. The Morgan fingerprint density at radius 1 is 0.885 bits per heavy atom. The molecule has 0 aliphatic rings. The van der Waals surface area contributed by atoms with E-state index in [0.29, 0.717) is 11.4 Å². The minimum absolute atomic E-state index is 0.00342. The summed E-state index contributed by atoms with van der Waals surface area (Å²) in [6.07, 6.45) is 0. The molecule has 8 heteroatoms. The van der Waals surface area contributed by atoms with E-state index >= 15 is 0 Å². The van der Waals surface area contributed by atoms with Gasteiger partial charge in [-0.2, -0.15) is 4.98 Å². The maximum Gasteiger partial charge on any atom is 0.298 e. The van der Waals surface area contributed by atoms with Gasteiger partial charge in [0.2, 0.25) is 5.95 Å². The van der Waals surface area contributed by atoms with Gasteiger partial charge in [0.05, 0.1) is 0 Å². The number of nitrogen functional groups attached to an aromatic ring is 1. The number of H-pyrrole nitrogens is 2. The first-order valence-corrected chi connectivity index (χ1v) is 7.83. The second-order valence-electron chi connectivity index (χ2n) is 5.55. The predicted octanol–water partition coefficient (Wildman–Crippen LogP) is 2.21. The highest BCUT2D eigenvalue weighted by atomic mass is 16.2. The number of carbonyl (C=O) groups is 1. The van der Waals surface area contributed by atoms with Gasteiger partial charge in [0, 0.05) is 11.4 Å². The van der Waals surface area contributed by atoms with Crippen LogP contribution in [0.15, 0.2) is 65.5 Å². The van der Waals surface area contributed by atoms with Gasteiger partial charge in [0.25, 0.3) is 11.5 Å². The molecule has 2 aromatic carbocycles. The van der Waals surface area contributed by atoms with Crippen LogP contribution in [0.2, 0.25) is 0 Å². The summed E-state index contributed by atoms with van der Waals surface area (Å²) in [6, 6.07) is 18.3. The molecule has 8 nitrogen and oxygen atoms in total. The van der Waals surface area contributed by atoms with E-state index in [-0.39, 0.29) is 22.9 Å². The maximum absolute atomic E-state index is 13.2. The number of imidazole rings is 1. The summed E-state index contributed by atoms with van der Waals surface area (Å²) in [5, 5.41) is 0. The molecule has 0 atom stereocenters. The Bertz CT molecular complexity index is 1100. The van der Waals surface area contributed by atoms with Crippen LogP contribution in [-0.4, -0.2) is 25.8 Å². The van der Waals surface area contributed by atoms with Gasteiger partial charge in [0.1, 0.15) is 0 Å². The van der Waals surface area contributed by atoms with Crippen LogP contribution >= 0.6 is 0 Å². The summed E-state index contributed by atoms with van der Waals surface area (Å²) >= 11 is 0. The summed E-state index contributed by atoms with van der Waals surface area (Å²) in [4.78, 5) is 39.9. The number of hydrogen-bond acceptors (Lipinski definition) is 5. The summed E-state index contributed by atoms with van der Waals surface area (Å²) in [5.74, 6) is -0.481. The third-order valence-electron chi connectivity index (χ3n) is 3.81. The zero-order chi connectivity index (χ0) is 18.1. The van der Waals surface area contributed by atoms with E-state index in [0.717, 1.165) is 0 Å². The Labute approximate surface area is 147 Å². The number of nitrogens with zero attached hydrogens (tertiary/aromatic N) is 3. The van der Waals surface area contributed by atoms with Gasteiger partial charge in [-0.1, -0.05) is 36.4 Å². The maximum atomic E-state index is 13.2. The molecule has 0 aliphatic carbocycles. The first-order valence-electron chi connectivity index (χ1n) is 7.83. The van der Waals surface area contributed by atoms with E-state index in [2.05, 4.69) is 19.9 Å². The third kappa shape index (κ3) is 2.69. The lowest BCUT2D eigenvalue weighted by Crippen LogP contribution is -2.27. The van der Waals surface area contributed by atoms with E-state index in [1.54, 1.807) is 0 Å². The fourth-order valence-corrected chi connectivity index (χ4v) is 2.67. The highest BCUT2D eigenvalue weighted by molar-refractivity contribution is 6.09. The molecule has 2 heterocycles. The Kier molecular flexibility index (Phi) is 3.70. The molecule has 128 valence electrons. The number of nitrogens with one attached hydrogen (secondary N) is 2. The molecule has 0 saturated carbocycles. The summed E-state index contributed by atoms with van der Waals surface area (Å²) in [6.45, 7) is 0. The molecule has 0 fully saturated rings. The number of amides is 1. The zero-order valence-electron chi connectivity index (χ0n) is 13.5. The quantitative estimate of drug-likeness (QED) is 0.525. The number of rotatable bonds is 3. The Hall–Kier alpha value is -3.94. The highest BCUT2D eigenvalue weighted by Gasteiger charge is 2.23. The van der Waals surface area contributed by atoms with Gasteiger partial charge in [0.15, 0.2) is 17.0 Å². The van der Waals surface area contributed by atoms with Gasteiger partial charge in [-0.25, -0.2) is 4.98 Å². The van der Waals surface area contributed by atoms with E-state index in [9.17, 15) is 9.59 Å². The van der Waals surface area contributed by atoms with Crippen molar-refractivity contribution in [2.24, 2.45) is 0 Å². The fourth-order valence-electron chi connectivity index (χ4n) is 2.67. The number of nitrogens with two attached hydrogens (primary N) is 1. The monoisotopic (exact) mass is 346 g/mol. The van der Waals surface area contributed by atoms with Crippen molar-refractivity contribution in [3.8, 4) is 0 Å². The number of carbonyl (C=O) groups excluding carboxylic acids is 1. The van der Waals surface area contributed by atoms with Gasteiger partial charge >= 0.3 is 0 Å². The van der Waals surface area contributed by atoms with Crippen molar-refractivity contribution in [2.45, 2.75) is 0 Å². The lowest BCUT2D eigenvalue weighted by Gasteiger charge is -2.21. The lowest BCUT2D eigenvalue weighted by molar-refractivity contribution is 0.0990. The minimum atomic E-state index is -0.481. The molecule has 4 aromatic rings. The lowest BCUT2D eigenvalue weighted by atomic mass is 10.2. The molecule has 0 unspecified atom stereocenters. The van der Waals surface area contributed by atoms with Crippen LogP contribution in [0.25, 0.3) is 11.2 Å². The van der Waals surface area contributed by atoms with Crippen LogP contribution in [0.4, 0.5) is 17.3 Å². The van der Waals surface area contributed by atoms with E-state index in [1.165, 1.54) is 4.90 Å². The van der Waals surface area contributed by atoms with Crippen molar-refractivity contribution in [1.29, 1.82) is 0 Å². The van der Waals surface area contributed by atoms with Crippen LogP contribution in [0.5, 0.6) is 0 Å². The van der Waals surface area contributed by atoms with Gasteiger partial charge in [-0.15, -0.1) is 0 Å². The molecule has 26 heavy (non-hydrogen) atoms. The normalized spacial score (nSPS) is 10.8. The van der Waals surface area contributed by atoms with Crippen molar-refractivity contribution in [1.82, 2.24) is 19.9 Å². The molecule has 4 rings (SSSR count). The molecule has 1 amide bonds. The highest BCUT2D eigenvalue weighted by Crippen LogP contribution is 2.26. The number of hydrogen-bond donors (Lipinski definition) is 3. The van der Waals surface area contributed by atoms with Crippen LogP contribution in [-0.2, 0) is 0 Å². The number of aromatic nitrogens is 4. The average molecular weight is 346 g/mol. The van der Waals surface area contributed by atoms with E-state index in [4.69, 9.17) is 5.73 Å². The topological polar surface area (TPSA) is 121 Å². The van der Waals surface area contributed by atoms with Crippen LogP contribution < -0.4 is 16.2 Å². The first kappa shape index (κ1) is 15.6. The Morgan fingerprint density at radius 2 is 1.46 bits per heavy atom. The first-order chi connectivity index (χ1) is 12.6. The van der Waals surface area contributed by atoms with E-state index in [1.807, 2.05) is 60.7 Å². The second kappa shape index (κ2) is 6.17. The molecular formula is C18H14N6O2. The molecule has 2 aromatic heterocycles. The van der Waals surface area contributed by atoms with Crippen molar-refractivity contribution < 1.29 is 4.79 Å². The van der Waals surface area contributed by atoms with Crippen molar-refractivity contribution in [3.63, 3.8) is 0 Å². The molecule has 4 N–H and O–H groups in total. The van der Waals surface area contributed by atoms with Crippen LogP contribution in [0.3, 0.4) is 0 Å². The zero-order valence-corrected chi connectivity index (χ0v) is 13.5. The standard InChI is InChI=1S/C18H14N6O2/c19-18-22-14-13(16(25)23-18)20-15(21-14)17(26)24(11-7-3-1-4-8-11)12-9-5-2-6-10-12/h1-10H,(H4,19,20,21,22,23,25). The van der Waals surface area contributed by atoms with Crippen LogP contribution in [0.1, 0.15) is 10.6 Å². The molecule has 0 spiro atoms. The third-order valence-corrected chi connectivity index (χ3v) is 3.81. The van der Waals surface area contributed by atoms with Crippen molar-refractivity contribution in [2.75, 3.05) is 10.6 Å². The number of para-hydroxylation sites is 2. The number of fused-ring (bicyclic) bond motifs is 1. The Morgan fingerprint density at radius 3 is 2.04 bits per heavy atom. The fraction of sp³-hybridized carbons (Fsp3) is 0. The Balaban J connectivity index is 1.85. The molecule has 0 aliphatic heterocycles. The predicted molar refractivity (Wildman–Crippen MR) is 98.3 cm³/mol. The number of aromatic amines is 2. The SMILES string of the molecule is Nc1nc2nc(C(=O)N(c3ccccc3)c3ccccc3)[nH]c2c(=O)[nH]1. The van der Waals surface area contributed by atoms with Gasteiger partial charge in [-0.3, -0.25) is 19.5 Å². The number of anilines is 3. The number of benzene rings is 2. The van der Waals surface area contributed by atoms with Crippen molar-refractivity contribution >= 4 is 34.4 Å². The average Bonchev–Trinajstić information content (AvgIpc) is 3.08. The van der Waals surface area contributed by atoms with Crippen molar-refractivity contribution in [3.05, 3.63) is 76.8 Å². The summed E-state index contributed by atoms with van der Waals surface area (Å²) in [5.41, 5.74) is 6.59. The summed E-state index contributed by atoms with van der Waals surface area (Å²) in [7, 11) is 0. The van der Waals surface area contributed by atoms with E-state index < -0.39 is 11.5 Å². The molecular weight excluding hydrogens is 332 g/mol. The van der Waals surface area contributed by atoms with Gasteiger partial charge in [-0.05, 0) is 24.3 Å².